The van der Waals surface area contributed by atoms with Crippen molar-refractivity contribution in [3.05, 3.63) is 42.1 Å². The third kappa shape index (κ3) is 4.76. The van der Waals surface area contributed by atoms with Gasteiger partial charge in [-0.3, -0.25) is 14.9 Å². The van der Waals surface area contributed by atoms with E-state index < -0.39 is 6.04 Å². The van der Waals surface area contributed by atoms with Gasteiger partial charge in [0.15, 0.2) is 0 Å². The number of aryl methyl sites for hydroxylation is 1. The molecule has 0 aliphatic carbocycles. The number of aliphatic hydroxyl groups is 1. The van der Waals surface area contributed by atoms with Crippen LogP contribution < -0.4 is 5.32 Å². The van der Waals surface area contributed by atoms with Crippen molar-refractivity contribution in [2.24, 2.45) is 0 Å². The van der Waals surface area contributed by atoms with Gasteiger partial charge in [-0.25, -0.2) is 4.98 Å². The molecule has 0 radical (unpaired) electrons. The van der Waals surface area contributed by atoms with Gasteiger partial charge in [-0.1, -0.05) is 12.1 Å². The molecule has 1 fully saturated rings. The fourth-order valence-electron chi connectivity index (χ4n) is 4.08. The van der Waals surface area contributed by atoms with E-state index in [-0.39, 0.29) is 18.4 Å². The van der Waals surface area contributed by atoms with Gasteiger partial charge in [-0.2, -0.15) is 0 Å². The van der Waals surface area contributed by atoms with Gasteiger partial charge in [0.25, 0.3) is 0 Å². The van der Waals surface area contributed by atoms with Gasteiger partial charge in [0, 0.05) is 30.0 Å². The van der Waals surface area contributed by atoms with Crippen molar-refractivity contribution in [1.29, 1.82) is 0 Å². The number of rotatable bonds is 10. The number of pyridine rings is 1. The number of piperidine rings is 1. The molecule has 4 rings (SSSR count). The monoisotopic (exact) mass is 425 g/mol. The van der Waals surface area contributed by atoms with Crippen LogP contribution in [0.4, 0.5) is 0 Å². The van der Waals surface area contributed by atoms with Crippen molar-refractivity contribution in [2.75, 3.05) is 33.0 Å². The first-order chi connectivity index (χ1) is 15.2. The second-order valence-corrected chi connectivity index (χ2v) is 7.61. The van der Waals surface area contributed by atoms with E-state index in [0.717, 1.165) is 40.3 Å². The Morgan fingerprint density at radius 3 is 2.74 bits per heavy atom. The van der Waals surface area contributed by atoms with Crippen molar-refractivity contribution in [3.8, 4) is 0 Å². The van der Waals surface area contributed by atoms with E-state index in [2.05, 4.69) is 28.5 Å². The van der Waals surface area contributed by atoms with E-state index in [1.165, 1.54) is 0 Å². The molecular formula is C23H27N3O5. The van der Waals surface area contributed by atoms with E-state index in [4.69, 9.17) is 14.6 Å². The first kappa shape index (κ1) is 21.4. The average Bonchev–Trinajstić information content (AvgIpc) is 3.09. The number of imide groups is 1. The minimum atomic E-state index is -0.454. The molecule has 3 heterocycles. The minimum Gasteiger partial charge on any atom is -0.394 e. The maximum atomic E-state index is 12.6. The Kier molecular flexibility index (Phi) is 6.91. The third-order valence-electron chi connectivity index (χ3n) is 5.51. The Balaban J connectivity index is 1.52. The topological polar surface area (TPSA) is 103 Å². The molecule has 164 valence electrons. The number of carbonyl (C=O) groups excluding carboxylic acids is 2. The molecular weight excluding hydrogens is 398 g/mol. The predicted octanol–water partition coefficient (Wildman–Crippen LogP) is 2.13. The molecule has 2 aromatic heterocycles. The number of nitrogens with zero attached hydrogens (tertiary/aromatic N) is 2. The maximum absolute atomic E-state index is 12.6. The molecule has 1 saturated heterocycles. The summed E-state index contributed by atoms with van der Waals surface area (Å²) in [6, 6.07) is 9.76. The molecule has 1 unspecified atom stereocenters. The minimum absolute atomic E-state index is 0.0214. The molecule has 1 aliphatic rings. The number of ether oxygens (including phenoxy) is 2. The number of hydrogen-bond donors (Lipinski definition) is 2. The summed E-state index contributed by atoms with van der Waals surface area (Å²) in [6.45, 7) is 1.96. The van der Waals surface area contributed by atoms with Gasteiger partial charge in [-0.05, 0) is 43.0 Å². The van der Waals surface area contributed by atoms with Crippen LogP contribution in [0.3, 0.4) is 0 Å². The molecule has 1 atom stereocenters. The Morgan fingerprint density at radius 2 is 1.94 bits per heavy atom. The highest BCUT2D eigenvalue weighted by Gasteiger charge is 2.30. The van der Waals surface area contributed by atoms with Gasteiger partial charge in [0.2, 0.25) is 11.8 Å². The quantitative estimate of drug-likeness (QED) is 0.381. The fourth-order valence-corrected chi connectivity index (χ4v) is 4.08. The van der Waals surface area contributed by atoms with Crippen LogP contribution in [0.15, 0.2) is 36.5 Å². The predicted molar refractivity (Wildman–Crippen MR) is 116 cm³/mol. The number of aliphatic hydroxyl groups excluding tert-OH is 1. The SMILES string of the molecule is O=C1CCC(n2c3cc(CCCOCCOCCO)ccc3c3cccnc32)C(=O)N1. The van der Waals surface area contributed by atoms with Gasteiger partial charge < -0.3 is 19.1 Å². The number of benzene rings is 1. The second-order valence-electron chi connectivity index (χ2n) is 7.61. The van der Waals surface area contributed by atoms with Crippen molar-refractivity contribution >= 4 is 33.8 Å². The smallest absolute Gasteiger partial charge is 0.249 e. The van der Waals surface area contributed by atoms with Crippen LogP contribution in [0, 0.1) is 0 Å². The number of aromatic nitrogens is 2. The van der Waals surface area contributed by atoms with E-state index >= 15 is 0 Å². The lowest BCUT2D eigenvalue weighted by atomic mass is 10.0. The van der Waals surface area contributed by atoms with Crippen LogP contribution in [0.2, 0.25) is 0 Å². The number of amides is 2. The number of hydrogen-bond acceptors (Lipinski definition) is 6. The number of fused-ring (bicyclic) bond motifs is 3. The summed E-state index contributed by atoms with van der Waals surface area (Å²) in [6.07, 6.45) is 4.23. The highest BCUT2D eigenvalue weighted by Crippen LogP contribution is 2.34. The average molecular weight is 425 g/mol. The lowest BCUT2D eigenvalue weighted by Crippen LogP contribution is -2.41. The molecule has 8 heteroatoms. The summed E-state index contributed by atoms with van der Waals surface area (Å²) >= 11 is 0. The van der Waals surface area contributed by atoms with Gasteiger partial charge >= 0.3 is 0 Å². The van der Waals surface area contributed by atoms with Gasteiger partial charge in [0.1, 0.15) is 11.7 Å². The van der Waals surface area contributed by atoms with E-state index in [1.807, 2.05) is 16.7 Å². The largest absolute Gasteiger partial charge is 0.394 e. The third-order valence-corrected chi connectivity index (χ3v) is 5.51. The fraction of sp³-hybridized carbons (Fsp3) is 0.435. The summed E-state index contributed by atoms with van der Waals surface area (Å²) in [5.41, 5.74) is 2.87. The first-order valence-electron chi connectivity index (χ1n) is 10.7. The zero-order valence-corrected chi connectivity index (χ0v) is 17.4. The molecule has 3 aromatic rings. The molecule has 0 saturated carbocycles. The maximum Gasteiger partial charge on any atom is 0.249 e. The summed E-state index contributed by atoms with van der Waals surface area (Å²) < 4.78 is 12.7. The van der Waals surface area contributed by atoms with Gasteiger partial charge in [-0.15, -0.1) is 0 Å². The normalized spacial score (nSPS) is 16.9. The van der Waals surface area contributed by atoms with Crippen molar-refractivity contribution in [2.45, 2.75) is 31.7 Å². The number of carbonyl (C=O) groups is 2. The van der Waals surface area contributed by atoms with Gasteiger partial charge in [0.05, 0.1) is 31.9 Å². The van der Waals surface area contributed by atoms with Crippen molar-refractivity contribution in [1.82, 2.24) is 14.9 Å². The van der Waals surface area contributed by atoms with E-state index in [1.54, 1.807) is 6.20 Å². The Labute approximate surface area is 180 Å². The van der Waals surface area contributed by atoms with E-state index in [9.17, 15) is 9.59 Å². The van der Waals surface area contributed by atoms with Crippen LogP contribution in [-0.2, 0) is 25.5 Å². The molecule has 0 bridgehead atoms. The second kappa shape index (κ2) is 10.00. The van der Waals surface area contributed by atoms with Crippen LogP contribution in [0.5, 0.6) is 0 Å². The van der Waals surface area contributed by atoms with Crippen molar-refractivity contribution in [3.63, 3.8) is 0 Å². The van der Waals surface area contributed by atoms with Crippen LogP contribution in [-0.4, -0.2) is 59.5 Å². The highest BCUT2D eigenvalue weighted by atomic mass is 16.5. The molecule has 8 nitrogen and oxygen atoms in total. The molecule has 0 spiro atoms. The summed E-state index contributed by atoms with van der Waals surface area (Å²) in [5, 5.41) is 13.2. The Bertz CT molecular complexity index is 1080. The highest BCUT2D eigenvalue weighted by molar-refractivity contribution is 6.09. The van der Waals surface area contributed by atoms with Crippen LogP contribution in [0.1, 0.15) is 30.9 Å². The summed E-state index contributed by atoms with van der Waals surface area (Å²) in [4.78, 5) is 28.8. The lowest BCUT2D eigenvalue weighted by Gasteiger charge is -2.23. The number of nitrogens with one attached hydrogen (secondary N) is 1. The zero-order valence-electron chi connectivity index (χ0n) is 17.4. The lowest BCUT2D eigenvalue weighted by molar-refractivity contribution is -0.135. The molecule has 2 amide bonds. The van der Waals surface area contributed by atoms with Crippen LogP contribution >= 0.6 is 0 Å². The molecule has 2 N–H and O–H groups in total. The summed E-state index contributed by atoms with van der Waals surface area (Å²) in [7, 11) is 0. The summed E-state index contributed by atoms with van der Waals surface area (Å²) in [5.74, 6) is -0.500. The molecule has 1 aromatic carbocycles. The zero-order chi connectivity index (χ0) is 21.6. The van der Waals surface area contributed by atoms with Crippen molar-refractivity contribution < 1.29 is 24.2 Å². The molecule has 31 heavy (non-hydrogen) atoms. The first-order valence-corrected chi connectivity index (χ1v) is 10.7. The Hall–Kier alpha value is -2.81. The Morgan fingerprint density at radius 1 is 1.10 bits per heavy atom. The van der Waals surface area contributed by atoms with E-state index in [0.29, 0.717) is 39.3 Å². The molecule has 1 aliphatic heterocycles. The standard InChI is InChI=1S/C23H27N3O5/c27-10-12-31-14-13-30-11-2-3-16-5-6-17-18-4-1-9-24-22(18)26(20(17)15-16)19-7-8-21(28)25-23(19)29/h1,4-6,9,15,19,27H,2-3,7-8,10-14H2,(H,25,28,29). The van der Waals surface area contributed by atoms with Crippen LogP contribution in [0.25, 0.3) is 21.9 Å².